The molecule has 6 nitrogen and oxygen atoms in total. The third-order valence-corrected chi connectivity index (χ3v) is 6.81. The molecule has 4 rings (SSSR count). The number of hydrogen-bond acceptors (Lipinski definition) is 5. The lowest BCUT2D eigenvalue weighted by atomic mass is 9.92. The zero-order chi connectivity index (χ0) is 30.8. The summed E-state index contributed by atoms with van der Waals surface area (Å²) in [5.41, 5.74) is -0.313. The van der Waals surface area contributed by atoms with Gasteiger partial charge in [0, 0.05) is 28.1 Å². The van der Waals surface area contributed by atoms with Crippen LogP contribution in [0.5, 0.6) is 0 Å². The van der Waals surface area contributed by atoms with Gasteiger partial charge in [-0.3, -0.25) is 4.79 Å². The van der Waals surface area contributed by atoms with Crippen LogP contribution in [-0.2, 0) is 26.9 Å². The van der Waals surface area contributed by atoms with Crippen molar-refractivity contribution in [2.45, 2.75) is 33.4 Å². The third kappa shape index (κ3) is 6.71. The van der Waals surface area contributed by atoms with Crippen LogP contribution < -0.4 is 10.9 Å². The third-order valence-electron chi connectivity index (χ3n) is 6.41. The number of carbonyl (C=O) groups is 2. The van der Waals surface area contributed by atoms with Crippen molar-refractivity contribution in [2.75, 3.05) is 11.9 Å². The molecule has 0 radical (unpaired) electrons. The van der Waals surface area contributed by atoms with E-state index < -0.39 is 47.2 Å². The summed E-state index contributed by atoms with van der Waals surface area (Å²) in [6.07, 6.45) is -4.28. The van der Waals surface area contributed by atoms with Crippen molar-refractivity contribution in [3.8, 4) is 11.1 Å². The minimum atomic E-state index is -4.94. The molecule has 0 aliphatic carbocycles. The molecule has 1 amide bonds. The van der Waals surface area contributed by atoms with Gasteiger partial charge in [-0.25, -0.2) is 14.0 Å². The zero-order valence-corrected chi connectivity index (χ0v) is 23.4. The van der Waals surface area contributed by atoms with Crippen LogP contribution >= 0.6 is 11.6 Å². The van der Waals surface area contributed by atoms with Gasteiger partial charge < -0.3 is 14.5 Å². The first-order valence-electron chi connectivity index (χ1n) is 12.7. The number of alkyl halides is 3. The fourth-order valence-corrected chi connectivity index (χ4v) is 4.59. The van der Waals surface area contributed by atoms with Crippen LogP contribution in [0.4, 0.5) is 23.2 Å². The summed E-state index contributed by atoms with van der Waals surface area (Å²) < 4.78 is 64.5. The Hall–Kier alpha value is -4.44. The first kappa shape index (κ1) is 30.5. The van der Waals surface area contributed by atoms with E-state index in [9.17, 15) is 31.9 Å². The maximum atomic E-state index is 13.6. The standard InChI is InChI=1S/C31H24ClF4NO5/c1-4-41-28(39)11-16(2)18-6-5-7-19(12-18)29-21-10-17(3)24(32)15-26(21)42-30(40)22(29)14-27(38)37-25-9-8-20(33)13-23(25)31(34,35)36/h5-13,15H,4,14H2,1-3H3,(H,37,38)/b16-11+. The number of allylic oxidation sites excluding steroid dienone is 1. The first-order valence-corrected chi connectivity index (χ1v) is 13.0. The Morgan fingerprint density at radius 1 is 1.10 bits per heavy atom. The quantitative estimate of drug-likeness (QED) is 0.101. The van der Waals surface area contributed by atoms with Crippen LogP contribution in [0.2, 0.25) is 5.02 Å². The summed E-state index contributed by atoms with van der Waals surface area (Å²) in [5.74, 6) is -2.62. The van der Waals surface area contributed by atoms with Crippen molar-refractivity contribution in [1.29, 1.82) is 0 Å². The molecule has 0 bridgehead atoms. The van der Waals surface area contributed by atoms with Crippen molar-refractivity contribution in [1.82, 2.24) is 0 Å². The first-order chi connectivity index (χ1) is 19.8. The van der Waals surface area contributed by atoms with Crippen LogP contribution in [0.1, 0.15) is 36.1 Å². The monoisotopic (exact) mass is 601 g/mol. The lowest BCUT2D eigenvalue weighted by Crippen LogP contribution is -2.22. The molecule has 0 aliphatic rings. The maximum absolute atomic E-state index is 13.6. The Balaban J connectivity index is 1.85. The van der Waals surface area contributed by atoms with Gasteiger partial charge >= 0.3 is 17.8 Å². The van der Waals surface area contributed by atoms with Gasteiger partial charge in [0.1, 0.15) is 11.4 Å². The number of carbonyl (C=O) groups excluding carboxylic acids is 2. The minimum absolute atomic E-state index is 0.124. The maximum Gasteiger partial charge on any atom is 0.418 e. The molecular weight excluding hydrogens is 578 g/mol. The summed E-state index contributed by atoms with van der Waals surface area (Å²) in [4.78, 5) is 38.3. The fraction of sp³-hybridized carbons (Fsp3) is 0.194. The van der Waals surface area contributed by atoms with E-state index in [1.807, 2.05) is 0 Å². The van der Waals surface area contributed by atoms with Gasteiger partial charge in [0.15, 0.2) is 0 Å². The second-order valence-electron chi connectivity index (χ2n) is 9.41. The molecule has 42 heavy (non-hydrogen) atoms. The molecule has 218 valence electrons. The van der Waals surface area contributed by atoms with Crippen LogP contribution in [0, 0.1) is 12.7 Å². The van der Waals surface area contributed by atoms with Crippen LogP contribution in [0.15, 0.2) is 69.9 Å². The number of benzene rings is 3. The Bertz CT molecular complexity index is 1790. The molecule has 1 aromatic heterocycles. The van der Waals surface area contributed by atoms with Crippen molar-refractivity contribution >= 4 is 45.7 Å². The second-order valence-corrected chi connectivity index (χ2v) is 9.82. The summed E-state index contributed by atoms with van der Waals surface area (Å²) in [6, 6.07) is 11.8. The predicted octanol–water partition coefficient (Wildman–Crippen LogP) is 7.73. The number of halogens is 5. The lowest BCUT2D eigenvalue weighted by Gasteiger charge is -2.16. The van der Waals surface area contributed by atoms with Crippen molar-refractivity contribution < 1.29 is 36.3 Å². The van der Waals surface area contributed by atoms with E-state index in [1.54, 1.807) is 51.1 Å². The number of anilines is 1. The average molecular weight is 602 g/mol. The molecule has 1 heterocycles. The summed E-state index contributed by atoms with van der Waals surface area (Å²) in [5, 5.41) is 2.91. The highest BCUT2D eigenvalue weighted by molar-refractivity contribution is 6.32. The number of fused-ring (bicyclic) bond motifs is 1. The number of ether oxygens (including phenoxy) is 1. The highest BCUT2D eigenvalue weighted by Crippen LogP contribution is 2.37. The lowest BCUT2D eigenvalue weighted by molar-refractivity contribution is -0.138. The molecule has 4 aromatic rings. The predicted molar refractivity (Wildman–Crippen MR) is 152 cm³/mol. The second kappa shape index (κ2) is 12.2. The van der Waals surface area contributed by atoms with Gasteiger partial charge in [0.05, 0.1) is 29.8 Å². The van der Waals surface area contributed by atoms with E-state index >= 15 is 0 Å². The molecule has 0 fully saturated rings. The van der Waals surface area contributed by atoms with Gasteiger partial charge in [-0.05, 0) is 73.4 Å². The average Bonchev–Trinajstić information content (AvgIpc) is 2.91. The highest BCUT2D eigenvalue weighted by atomic mass is 35.5. The smallest absolute Gasteiger partial charge is 0.418 e. The van der Waals surface area contributed by atoms with Gasteiger partial charge in [-0.15, -0.1) is 0 Å². The van der Waals surface area contributed by atoms with Gasteiger partial charge in [0.25, 0.3) is 0 Å². The molecular formula is C31H24ClF4NO5. The molecule has 3 aromatic carbocycles. The Morgan fingerprint density at radius 2 is 1.83 bits per heavy atom. The van der Waals surface area contributed by atoms with Crippen LogP contribution in [-0.4, -0.2) is 18.5 Å². The van der Waals surface area contributed by atoms with E-state index in [2.05, 4.69) is 5.32 Å². The number of aryl methyl sites for hydroxylation is 1. The summed E-state index contributed by atoms with van der Waals surface area (Å²) in [6.45, 7) is 5.31. The molecule has 0 aliphatic heterocycles. The van der Waals surface area contributed by atoms with Crippen LogP contribution in [0.3, 0.4) is 0 Å². The Labute approximate surface area is 242 Å². The number of hydrogen-bond donors (Lipinski definition) is 1. The fourth-order valence-electron chi connectivity index (χ4n) is 4.44. The van der Waals surface area contributed by atoms with E-state index in [0.29, 0.717) is 38.2 Å². The highest BCUT2D eigenvalue weighted by Gasteiger charge is 2.34. The Morgan fingerprint density at radius 3 is 2.52 bits per heavy atom. The SMILES string of the molecule is CCOC(=O)/C=C(\C)c1cccc(-c2c(CC(=O)Nc3ccc(F)cc3C(F)(F)F)c(=O)oc3cc(Cl)c(C)cc23)c1. The normalized spacial score (nSPS) is 12.0. The molecule has 0 saturated heterocycles. The van der Waals surface area contributed by atoms with E-state index in [-0.39, 0.29) is 23.8 Å². The molecule has 0 unspecified atom stereocenters. The number of nitrogens with one attached hydrogen (secondary N) is 1. The molecule has 0 spiro atoms. The number of amides is 1. The van der Waals surface area contributed by atoms with E-state index in [4.69, 9.17) is 20.8 Å². The minimum Gasteiger partial charge on any atom is -0.463 e. The number of rotatable bonds is 7. The van der Waals surface area contributed by atoms with E-state index in [1.165, 1.54) is 12.1 Å². The molecule has 11 heteroatoms. The topological polar surface area (TPSA) is 85.6 Å². The Kier molecular flexibility index (Phi) is 8.86. The summed E-state index contributed by atoms with van der Waals surface area (Å²) >= 11 is 6.26. The number of esters is 1. The molecule has 0 saturated carbocycles. The van der Waals surface area contributed by atoms with Crippen molar-refractivity contribution in [3.05, 3.63) is 104 Å². The molecule has 1 N–H and O–H groups in total. The molecule has 0 atom stereocenters. The largest absolute Gasteiger partial charge is 0.463 e. The van der Waals surface area contributed by atoms with Gasteiger partial charge in [-0.1, -0.05) is 29.8 Å². The van der Waals surface area contributed by atoms with Crippen molar-refractivity contribution in [3.63, 3.8) is 0 Å². The van der Waals surface area contributed by atoms with Gasteiger partial charge in [0.2, 0.25) is 5.91 Å². The zero-order valence-electron chi connectivity index (χ0n) is 22.6. The van der Waals surface area contributed by atoms with Gasteiger partial charge in [-0.2, -0.15) is 13.2 Å². The van der Waals surface area contributed by atoms with E-state index in [0.717, 1.165) is 12.1 Å². The van der Waals surface area contributed by atoms with Crippen LogP contribution in [0.25, 0.3) is 27.7 Å². The van der Waals surface area contributed by atoms with Crippen molar-refractivity contribution in [2.24, 2.45) is 0 Å². The summed E-state index contributed by atoms with van der Waals surface area (Å²) in [7, 11) is 0.